The van der Waals surface area contributed by atoms with E-state index in [2.05, 4.69) is 15.2 Å². The van der Waals surface area contributed by atoms with Crippen molar-refractivity contribution in [1.82, 2.24) is 9.55 Å². The number of amides is 1. The van der Waals surface area contributed by atoms with Gasteiger partial charge < -0.3 is 4.74 Å². The van der Waals surface area contributed by atoms with Crippen LogP contribution in [0.3, 0.4) is 0 Å². The van der Waals surface area contributed by atoms with E-state index >= 15 is 0 Å². The Morgan fingerprint density at radius 1 is 1.22 bits per heavy atom. The second-order valence-corrected chi connectivity index (χ2v) is 7.23. The third-order valence-corrected chi connectivity index (χ3v) is 4.39. The summed E-state index contributed by atoms with van der Waals surface area (Å²) in [7, 11) is 0. The molecule has 2 heterocycles. The summed E-state index contributed by atoms with van der Waals surface area (Å²) in [5, 5.41) is 16.2. The van der Waals surface area contributed by atoms with Gasteiger partial charge in [0, 0.05) is 10.6 Å². The van der Waals surface area contributed by atoms with Crippen molar-refractivity contribution < 1.29 is 22.7 Å². The van der Waals surface area contributed by atoms with Gasteiger partial charge in [-0.25, -0.2) is 4.98 Å². The Balaban J connectivity index is 2.08. The molecule has 0 aliphatic carbocycles. The number of ether oxygens (including phenoxy) is 1. The maximum atomic E-state index is 13.5. The summed E-state index contributed by atoms with van der Waals surface area (Å²) in [6.07, 6.45) is -2.90. The Hall–Kier alpha value is -3.78. The highest BCUT2D eigenvalue weighted by molar-refractivity contribution is 6.30. The van der Waals surface area contributed by atoms with Gasteiger partial charge in [0.2, 0.25) is 5.75 Å². The SMILES string of the molecule is CC(C)=C1C=C(Cn2cnc(C(F)(F)F)c(Oc3cc(Cl)cc(C#N)c3)c2=O)N=NC1=O. The number of carbonyl (C=O) groups is 1. The Labute approximate surface area is 183 Å². The van der Waals surface area contributed by atoms with E-state index in [4.69, 9.17) is 21.6 Å². The molecule has 0 atom stereocenters. The van der Waals surface area contributed by atoms with Crippen LogP contribution in [-0.4, -0.2) is 15.5 Å². The van der Waals surface area contributed by atoms with Gasteiger partial charge in [-0.15, -0.1) is 10.2 Å². The normalized spacial score (nSPS) is 13.6. The van der Waals surface area contributed by atoms with Crippen molar-refractivity contribution in [2.24, 2.45) is 10.2 Å². The molecule has 0 saturated heterocycles. The maximum Gasteiger partial charge on any atom is 0.437 e. The summed E-state index contributed by atoms with van der Waals surface area (Å²) in [5.41, 5.74) is -1.60. The maximum absolute atomic E-state index is 13.5. The van der Waals surface area contributed by atoms with E-state index in [1.807, 2.05) is 0 Å². The number of allylic oxidation sites excluding steroid dienone is 2. The molecular formula is C20H13ClF3N5O3. The first-order valence-corrected chi connectivity index (χ1v) is 9.26. The lowest BCUT2D eigenvalue weighted by molar-refractivity contribution is -0.142. The molecule has 0 radical (unpaired) electrons. The Kier molecular flexibility index (Phi) is 6.27. The van der Waals surface area contributed by atoms with E-state index in [-0.39, 0.29) is 34.2 Å². The van der Waals surface area contributed by atoms with Crippen LogP contribution in [0.5, 0.6) is 11.5 Å². The zero-order chi connectivity index (χ0) is 23.6. The van der Waals surface area contributed by atoms with Crippen LogP contribution in [0.1, 0.15) is 25.1 Å². The van der Waals surface area contributed by atoms with E-state index in [9.17, 15) is 22.8 Å². The number of carbonyl (C=O) groups excluding carboxylic acids is 1. The molecule has 12 heteroatoms. The third-order valence-electron chi connectivity index (χ3n) is 4.17. The van der Waals surface area contributed by atoms with Crippen molar-refractivity contribution in [3.63, 3.8) is 0 Å². The molecule has 164 valence electrons. The van der Waals surface area contributed by atoms with E-state index in [1.165, 1.54) is 12.1 Å². The summed E-state index contributed by atoms with van der Waals surface area (Å²) in [4.78, 5) is 28.0. The average Bonchev–Trinajstić information content (AvgIpc) is 2.70. The number of hydrogen-bond acceptors (Lipinski definition) is 6. The number of benzene rings is 1. The van der Waals surface area contributed by atoms with Gasteiger partial charge >= 0.3 is 6.18 Å². The topological polar surface area (TPSA) is 110 Å². The fourth-order valence-corrected chi connectivity index (χ4v) is 2.94. The number of nitriles is 1. The van der Waals surface area contributed by atoms with Crippen LogP contribution < -0.4 is 10.3 Å². The molecule has 0 saturated carbocycles. The van der Waals surface area contributed by atoms with Crippen molar-refractivity contribution in [2.75, 3.05) is 0 Å². The van der Waals surface area contributed by atoms with Gasteiger partial charge in [0.1, 0.15) is 5.75 Å². The molecule has 1 aliphatic heterocycles. The Morgan fingerprint density at radius 3 is 2.56 bits per heavy atom. The van der Waals surface area contributed by atoms with Gasteiger partial charge in [0.25, 0.3) is 11.5 Å². The summed E-state index contributed by atoms with van der Waals surface area (Å²) in [6, 6.07) is 5.36. The Bertz CT molecular complexity index is 1300. The second-order valence-electron chi connectivity index (χ2n) is 6.80. The summed E-state index contributed by atoms with van der Waals surface area (Å²) < 4.78 is 46.5. The number of hydrogen-bond donors (Lipinski definition) is 0. The van der Waals surface area contributed by atoms with Crippen molar-refractivity contribution in [3.05, 3.63) is 74.1 Å². The molecule has 0 spiro atoms. The van der Waals surface area contributed by atoms with Crippen molar-refractivity contribution in [1.29, 1.82) is 5.26 Å². The van der Waals surface area contributed by atoms with Gasteiger partial charge in [-0.3, -0.25) is 14.2 Å². The third kappa shape index (κ3) is 4.92. The molecule has 0 N–H and O–H groups in total. The molecule has 0 bridgehead atoms. The summed E-state index contributed by atoms with van der Waals surface area (Å²) in [5.74, 6) is -1.91. The number of alkyl halides is 3. The molecule has 1 aliphatic rings. The number of nitrogens with zero attached hydrogens (tertiary/aromatic N) is 5. The minimum Gasteiger partial charge on any atom is -0.449 e. The standard InChI is InChI=1S/C20H13ClF3N5O3/c1-10(2)15-6-13(27-28-18(15)30)8-29-9-26-17(20(22,23)24)16(19(29)31)32-14-4-11(7-25)3-12(21)5-14/h3-6,9H,8H2,1-2H3. The average molecular weight is 464 g/mol. The van der Waals surface area contributed by atoms with Crippen LogP contribution in [0.2, 0.25) is 5.02 Å². The van der Waals surface area contributed by atoms with Gasteiger partial charge in [-0.1, -0.05) is 17.2 Å². The van der Waals surface area contributed by atoms with Crippen molar-refractivity contribution in [2.45, 2.75) is 26.6 Å². The highest BCUT2D eigenvalue weighted by Crippen LogP contribution is 2.35. The fraction of sp³-hybridized carbons (Fsp3) is 0.200. The second kappa shape index (κ2) is 8.76. The number of aromatic nitrogens is 2. The monoisotopic (exact) mass is 463 g/mol. The first-order valence-electron chi connectivity index (χ1n) is 8.89. The van der Waals surface area contributed by atoms with Gasteiger partial charge in [-0.2, -0.15) is 18.4 Å². The molecular weight excluding hydrogens is 451 g/mol. The van der Waals surface area contributed by atoms with Crippen LogP contribution in [0.15, 0.2) is 62.5 Å². The molecule has 0 fully saturated rings. The molecule has 3 rings (SSSR count). The lowest BCUT2D eigenvalue weighted by atomic mass is 10.1. The van der Waals surface area contributed by atoms with Crippen LogP contribution in [-0.2, 0) is 17.5 Å². The van der Waals surface area contributed by atoms with Crippen molar-refractivity contribution in [3.8, 4) is 17.6 Å². The predicted octanol–water partition coefficient (Wildman–Crippen LogP) is 4.79. The highest BCUT2D eigenvalue weighted by atomic mass is 35.5. The zero-order valence-corrected chi connectivity index (χ0v) is 17.3. The molecule has 0 unspecified atom stereocenters. The fourth-order valence-electron chi connectivity index (χ4n) is 2.71. The van der Waals surface area contributed by atoms with Gasteiger partial charge in [0.15, 0.2) is 5.69 Å². The number of rotatable bonds is 4. The quantitative estimate of drug-likeness (QED) is 0.605. The molecule has 1 aromatic heterocycles. The van der Waals surface area contributed by atoms with Crippen LogP contribution >= 0.6 is 11.6 Å². The number of azo groups is 1. The lowest BCUT2D eigenvalue weighted by Gasteiger charge is -2.15. The van der Waals surface area contributed by atoms with E-state index in [0.29, 0.717) is 11.9 Å². The van der Waals surface area contributed by atoms with Crippen LogP contribution in [0.4, 0.5) is 13.2 Å². The highest BCUT2D eigenvalue weighted by Gasteiger charge is 2.39. The largest absolute Gasteiger partial charge is 0.449 e. The smallest absolute Gasteiger partial charge is 0.437 e. The first kappa shape index (κ1) is 22.9. The minimum atomic E-state index is -4.99. The minimum absolute atomic E-state index is 0.0250. The van der Waals surface area contributed by atoms with E-state index < -0.39 is 29.1 Å². The molecule has 32 heavy (non-hydrogen) atoms. The van der Waals surface area contributed by atoms with Crippen molar-refractivity contribution >= 4 is 17.5 Å². The molecule has 1 aromatic carbocycles. The molecule has 1 amide bonds. The van der Waals surface area contributed by atoms with Gasteiger partial charge in [-0.05, 0) is 38.1 Å². The van der Waals surface area contributed by atoms with E-state index in [0.717, 1.165) is 16.7 Å². The zero-order valence-electron chi connectivity index (χ0n) is 16.6. The Morgan fingerprint density at radius 2 is 1.94 bits per heavy atom. The number of halogens is 4. The van der Waals surface area contributed by atoms with Gasteiger partial charge in [0.05, 0.1) is 30.2 Å². The summed E-state index contributed by atoms with van der Waals surface area (Å²) >= 11 is 5.86. The van der Waals surface area contributed by atoms with Crippen LogP contribution in [0.25, 0.3) is 0 Å². The first-order chi connectivity index (χ1) is 15.0. The predicted molar refractivity (Wildman–Crippen MR) is 106 cm³/mol. The molecule has 2 aromatic rings. The van der Waals surface area contributed by atoms with E-state index in [1.54, 1.807) is 19.9 Å². The summed E-state index contributed by atoms with van der Waals surface area (Å²) in [6.45, 7) is 3.05. The molecule has 8 nitrogen and oxygen atoms in total. The lowest BCUT2D eigenvalue weighted by Crippen LogP contribution is -2.27. The van der Waals surface area contributed by atoms with Crippen LogP contribution in [0, 0.1) is 11.3 Å².